The minimum atomic E-state index is -0.379. The summed E-state index contributed by atoms with van der Waals surface area (Å²) in [7, 11) is 1.71. The Labute approximate surface area is 171 Å². The number of amides is 1. The van der Waals surface area contributed by atoms with Crippen LogP contribution in [0.3, 0.4) is 0 Å². The summed E-state index contributed by atoms with van der Waals surface area (Å²) in [6, 6.07) is 12.3. The van der Waals surface area contributed by atoms with Crippen LogP contribution < -0.4 is 10.5 Å². The third-order valence-electron chi connectivity index (χ3n) is 6.50. The van der Waals surface area contributed by atoms with Crippen LogP contribution in [0.1, 0.15) is 59.5 Å². The van der Waals surface area contributed by atoms with Gasteiger partial charge in [0.15, 0.2) is 0 Å². The Balaban J connectivity index is 1.83. The molecule has 0 bridgehead atoms. The van der Waals surface area contributed by atoms with Gasteiger partial charge >= 0.3 is 0 Å². The Morgan fingerprint density at radius 3 is 2.69 bits per heavy atom. The van der Waals surface area contributed by atoms with Gasteiger partial charge in [-0.25, -0.2) is 0 Å². The third-order valence-corrected chi connectivity index (χ3v) is 6.50. The molecule has 4 heteroatoms. The summed E-state index contributed by atoms with van der Waals surface area (Å²) in [6.45, 7) is 0.776. The van der Waals surface area contributed by atoms with E-state index in [2.05, 4.69) is 34.9 Å². The summed E-state index contributed by atoms with van der Waals surface area (Å²) < 4.78 is 7.83. The highest BCUT2D eigenvalue weighted by Crippen LogP contribution is 2.46. The molecule has 0 spiro atoms. The van der Waals surface area contributed by atoms with Crippen molar-refractivity contribution in [1.29, 1.82) is 0 Å². The molecule has 0 saturated heterocycles. The van der Waals surface area contributed by atoms with Gasteiger partial charge in [0, 0.05) is 28.6 Å². The third kappa shape index (κ3) is 2.94. The van der Waals surface area contributed by atoms with E-state index in [0.29, 0.717) is 11.5 Å². The molecule has 0 atom stereocenters. The van der Waals surface area contributed by atoms with Gasteiger partial charge in [-0.1, -0.05) is 37.5 Å². The van der Waals surface area contributed by atoms with Crippen LogP contribution in [0.2, 0.25) is 0 Å². The van der Waals surface area contributed by atoms with E-state index in [0.717, 1.165) is 17.8 Å². The molecule has 29 heavy (non-hydrogen) atoms. The zero-order chi connectivity index (χ0) is 20.0. The number of rotatable bonds is 3. The number of carbonyl (C=O) groups is 1. The number of methoxy groups -OCH3 is 1. The summed E-state index contributed by atoms with van der Waals surface area (Å²) in [5.74, 6) is 1.04. The molecule has 148 valence electrons. The molecule has 1 aliphatic heterocycles. The molecule has 1 fully saturated rings. The Hall–Kier alpha value is -3.01. The first-order valence-corrected chi connectivity index (χ1v) is 10.5. The zero-order valence-corrected chi connectivity index (χ0v) is 16.8. The normalized spacial score (nSPS) is 16.3. The van der Waals surface area contributed by atoms with Gasteiger partial charge in [-0.3, -0.25) is 4.79 Å². The standard InChI is InChI=1S/C25H26N2O2/c1-29-19-10-12-20-17(14-19)8-5-13-27-22-15-18(25(26)28)9-11-21(22)23(24(20)27)16-6-3-2-4-7-16/h5,8-12,14-16H,2-4,6-7,13H2,1H3,(H2,26,28). The van der Waals surface area contributed by atoms with Crippen LogP contribution in [0, 0.1) is 0 Å². The van der Waals surface area contributed by atoms with Crippen LogP contribution in [0.4, 0.5) is 0 Å². The Morgan fingerprint density at radius 2 is 1.93 bits per heavy atom. The van der Waals surface area contributed by atoms with E-state index < -0.39 is 0 Å². The topological polar surface area (TPSA) is 57.2 Å². The van der Waals surface area contributed by atoms with E-state index in [1.54, 1.807) is 7.11 Å². The highest BCUT2D eigenvalue weighted by molar-refractivity contribution is 6.01. The second kappa shape index (κ2) is 7.11. The van der Waals surface area contributed by atoms with E-state index in [4.69, 9.17) is 10.5 Å². The van der Waals surface area contributed by atoms with Crippen molar-refractivity contribution in [1.82, 2.24) is 4.57 Å². The average molecular weight is 386 g/mol. The van der Waals surface area contributed by atoms with Gasteiger partial charge in [0.1, 0.15) is 5.75 Å². The number of benzene rings is 2. The molecule has 2 aromatic carbocycles. The van der Waals surface area contributed by atoms with Crippen molar-refractivity contribution < 1.29 is 9.53 Å². The van der Waals surface area contributed by atoms with Crippen molar-refractivity contribution in [3.63, 3.8) is 0 Å². The van der Waals surface area contributed by atoms with Crippen LogP contribution >= 0.6 is 0 Å². The van der Waals surface area contributed by atoms with Crippen molar-refractivity contribution in [2.75, 3.05) is 7.11 Å². The van der Waals surface area contributed by atoms with Crippen LogP contribution in [-0.4, -0.2) is 17.6 Å². The summed E-state index contributed by atoms with van der Waals surface area (Å²) in [5.41, 5.74) is 12.4. The molecule has 2 N–H and O–H groups in total. The maximum Gasteiger partial charge on any atom is 0.248 e. The highest BCUT2D eigenvalue weighted by Gasteiger charge is 2.28. The predicted octanol–water partition coefficient (Wildman–Crippen LogP) is 5.49. The molecule has 5 rings (SSSR count). The number of nitrogens with two attached hydrogens (primary N) is 1. The van der Waals surface area contributed by atoms with Crippen molar-refractivity contribution in [2.45, 2.75) is 44.6 Å². The molecule has 4 nitrogen and oxygen atoms in total. The molecule has 2 heterocycles. The lowest BCUT2D eigenvalue weighted by atomic mass is 9.81. The Bertz CT molecular complexity index is 1130. The van der Waals surface area contributed by atoms with Crippen LogP contribution in [-0.2, 0) is 6.54 Å². The maximum atomic E-state index is 11.8. The van der Waals surface area contributed by atoms with Gasteiger partial charge in [0.25, 0.3) is 0 Å². The van der Waals surface area contributed by atoms with Gasteiger partial charge in [-0.2, -0.15) is 0 Å². The SMILES string of the molecule is COc1ccc2c(c1)C=CCn1c-2c(C2CCCCC2)c2ccc(C(N)=O)cc21. The van der Waals surface area contributed by atoms with Crippen molar-refractivity contribution in [3.05, 3.63) is 59.2 Å². The first kappa shape index (κ1) is 18.0. The fourth-order valence-corrected chi connectivity index (χ4v) is 5.12. The Kier molecular flexibility index (Phi) is 4.42. The monoisotopic (exact) mass is 386 g/mol. The zero-order valence-electron chi connectivity index (χ0n) is 16.8. The summed E-state index contributed by atoms with van der Waals surface area (Å²) in [5, 5.41) is 1.26. The number of hydrogen-bond donors (Lipinski definition) is 1. The highest BCUT2D eigenvalue weighted by atomic mass is 16.5. The number of hydrogen-bond acceptors (Lipinski definition) is 2. The van der Waals surface area contributed by atoms with E-state index in [1.165, 1.54) is 59.9 Å². The lowest BCUT2D eigenvalue weighted by molar-refractivity contribution is 0.100. The summed E-state index contributed by atoms with van der Waals surface area (Å²) in [6.07, 6.45) is 10.7. The van der Waals surface area contributed by atoms with Crippen LogP contribution in [0.25, 0.3) is 28.2 Å². The van der Waals surface area contributed by atoms with E-state index in [9.17, 15) is 4.79 Å². The number of fused-ring (bicyclic) bond motifs is 5. The summed E-state index contributed by atoms with van der Waals surface area (Å²) >= 11 is 0. The molecule has 1 aromatic heterocycles. The minimum Gasteiger partial charge on any atom is -0.497 e. The van der Waals surface area contributed by atoms with E-state index in [1.807, 2.05) is 18.2 Å². The number of aromatic nitrogens is 1. The second-order valence-corrected chi connectivity index (χ2v) is 8.16. The summed E-state index contributed by atoms with van der Waals surface area (Å²) in [4.78, 5) is 11.8. The van der Waals surface area contributed by atoms with Gasteiger partial charge in [-0.15, -0.1) is 0 Å². The lowest BCUT2D eigenvalue weighted by Gasteiger charge is -2.24. The first-order valence-electron chi connectivity index (χ1n) is 10.5. The lowest BCUT2D eigenvalue weighted by Crippen LogP contribution is -2.10. The molecule has 2 aliphatic rings. The molecule has 3 aromatic rings. The maximum absolute atomic E-state index is 11.8. The fraction of sp³-hybridized carbons (Fsp3) is 0.320. The molecule has 0 unspecified atom stereocenters. The number of allylic oxidation sites excluding steroid dienone is 1. The molecule has 1 saturated carbocycles. The van der Waals surface area contributed by atoms with E-state index in [-0.39, 0.29) is 5.91 Å². The average Bonchev–Trinajstić information content (AvgIpc) is 2.95. The molecular weight excluding hydrogens is 360 g/mol. The van der Waals surface area contributed by atoms with Gasteiger partial charge in [-0.05, 0) is 60.2 Å². The predicted molar refractivity (Wildman–Crippen MR) is 117 cm³/mol. The largest absolute Gasteiger partial charge is 0.497 e. The Morgan fingerprint density at radius 1 is 1.10 bits per heavy atom. The number of ether oxygens (including phenoxy) is 1. The number of primary amides is 1. The van der Waals surface area contributed by atoms with Crippen molar-refractivity contribution >= 4 is 22.9 Å². The van der Waals surface area contributed by atoms with Crippen molar-refractivity contribution in [2.24, 2.45) is 5.73 Å². The molecular formula is C25H26N2O2. The fourth-order valence-electron chi connectivity index (χ4n) is 5.12. The van der Waals surface area contributed by atoms with Gasteiger partial charge in [0.05, 0.1) is 12.8 Å². The molecule has 1 amide bonds. The second-order valence-electron chi connectivity index (χ2n) is 8.16. The first-order chi connectivity index (χ1) is 14.2. The number of carbonyl (C=O) groups excluding carboxylic acids is 1. The van der Waals surface area contributed by atoms with Gasteiger partial charge < -0.3 is 15.0 Å². The minimum absolute atomic E-state index is 0.379. The smallest absolute Gasteiger partial charge is 0.248 e. The van der Waals surface area contributed by atoms with Crippen LogP contribution in [0.5, 0.6) is 5.75 Å². The molecule has 1 aliphatic carbocycles. The van der Waals surface area contributed by atoms with Gasteiger partial charge in [0.2, 0.25) is 5.91 Å². The number of nitrogens with zero attached hydrogens (tertiary/aromatic N) is 1. The van der Waals surface area contributed by atoms with Crippen LogP contribution in [0.15, 0.2) is 42.5 Å². The molecule has 0 radical (unpaired) electrons. The van der Waals surface area contributed by atoms with E-state index >= 15 is 0 Å². The quantitative estimate of drug-likeness (QED) is 0.647. The van der Waals surface area contributed by atoms with Crippen molar-refractivity contribution in [3.8, 4) is 17.0 Å².